The number of fused-ring (bicyclic) bond motifs is 1. The Morgan fingerprint density at radius 1 is 1.07 bits per heavy atom. The molecule has 3 aromatic rings. The fourth-order valence-corrected chi connectivity index (χ4v) is 3.55. The highest BCUT2D eigenvalue weighted by Crippen LogP contribution is 2.28. The Bertz CT molecular complexity index is 909. The first-order valence-electron chi connectivity index (χ1n) is 9.80. The Morgan fingerprint density at radius 2 is 1.78 bits per heavy atom. The van der Waals surface area contributed by atoms with Gasteiger partial charge < -0.3 is 9.88 Å². The Hall–Kier alpha value is -2.62. The Balaban J connectivity index is 1.95. The van der Waals surface area contributed by atoms with Crippen LogP contribution in [-0.2, 0) is 17.8 Å². The molecular weight excluding hydrogens is 334 g/mol. The zero-order valence-corrected chi connectivity index (χ0v) is 16.7. The number of hydrogen-bond acceptors (Lipinski definition) is 2. The van der Waals surface area contributed by atoms with E-state index in [0.717, 1.165) is 23.3 Å². The lowest BCUT2D eigenvalue weighted by atomic mass is 9.96. The molecule has 1 amide bonds. The zero-order chi connectivity index (χ0) is 19.4. The molecule has 0 aliphatic heterocycles. The van der Waals surface area contributed by atoms with Crippen molar-refractivity contribution in [3.63, 3.8) is 0 Å². The van der Waals surface area contributed by atoms with E-state index in [-0.39, 0.29) is 11.8 Å². The largest absolute Gasteiger partial charge is 0.355 e. The molecule has 1 heterocycles. The van der Waals surface area contributed by atoms with Gasteiger partial charge in [-0.3, -0.25) is 4.79 Å². The van der Waals surface area contributed by atoms with Gasteiger partial charge in [-0.25, -0.2) is 4.98 Å². The molecule has 3 rings (SSSR count). The number of amides is 1. The minimum Gasteiger partial charge on any atom is -0.355 e. The van der Waals surface area contributed by atoms with Gasteiger partial charge in [-0.1, -0.05) is 57.2 Å². The van der Waals surface area contributed by atoms with Crippen molar-refractivity contribution in [2.24, 2.45) is 5.92 Å². The van der Waals surface area contributed by atoms with Gasteiger partial charge in [0, 0.05) is 12.5 Å². The lowest BCUT2D eigenvalue weighted by Crippen LogP contribution is -2.28. The van der Waals surface area contributed by atoms with Gasteiger partial charge in [0.2, 0.25) is 5.91 Å². The van der Waals surface area contributed by atoms with E-state index in [2.05, 4.69) is 50.4 Å². The monoisotopic (exact) mass is 363 g/mol. The number of carbonyl (C=O) groups is 1. The van der Waals surface area contributed by atoms with E-state index >= 15 is 0 Å². The number of imidazole rings is 1. The summed E-state index contributed by atoms with van der Waals surface area (Å²) in [5, 5.41) is 2.89. The average molecular weight is 364 g/mol. The smallest absolute Gasteiger partial charge is 0.239 e. The van der Waals surface area contributed by atoms with Crippen molar-refractivity contribution in [1.82, 2.24) is 14.9 Å². The summed E-state index contributed by atoms with van der Waals surface area (Å²) in [4.78, 5) is 17.1. The van der Waals surface area contributed by atoms with Crippen LogP contribution in [0.1, 0.15) is 50.6 Å². The number of rotatable bonds is 7. The number of likely N-dealkylation sites (N-methyl/N-ethyl adjacent to an activating group) is 1. The second kappa shape index (κ2) is 8.38. The molecule has 142 valence electrons. The number of nitrogens with zero attached hydrogens (tertiary/aromatic N) is 2. The quantitative estimate of drug-likeness (QED) is 0.671. The molecule has 1 unspecified atom stereocenters. The SMILES string of the molecule is CCNC(=O)Cn1c(C(C)c2ccc(CC(C)C)cc2)nc2ccccc21. The fourth-order valence-electron chi connectivity index (χ4n) is 3.55. The number of aromatic nitrogens is 2. The molecule has 0 saturated heterocycles. The zero-order valence-electron chi connectivity index (χ0n) is 16.7. The summed E-state index contributed by atoms with van der Waals surface area (Å²) < 4.78 is 2.05. The number of carbonyl (C=O) groups excluding carboxylic acids is 1. The molecule has 0 fully saturated rings. The minimum absolute atomic E-state index is 0.0152. The highest BCUT2D eigenvalue weighted by atomic mass is 16.1. The van der Waals surface area contributed by atoms with Crippen LogP contribution in [0.5, 0.6) is 0 Å². The number of nitrogens with one attached hydrogen (secondary N) is 1. The van der Waals surface area contributed by atoms with Gasteiger partial charge in [-0.15, -0.1) is 0 Å². The summed E-state index contributed by atoms with van der Waals surface area (Å²) in [5.41, 5.74) is 4.51. The van der Waals surface area contributed by atoms with E-state index in [1.807, 2.05) is 35.8 Å². The summed E-state index contributed by atoms with van der Waals surface area (Å²) in [6, 6.07) is 16.8. The molecule has 0 radical (unpaired) electrons. The van der Waals surface area contributed by atoms with Gasteiger partial charge in [0.25, 0.3) is 0 Å². The molecule has 0 bridgehead atoms. The third-order valence-corrected chi connectivity index (χ3v) is 4.87. The Morgan fingerprint density at radius 3 is 2.44 bits per heavy atom. The standard InChI is InChI=1S/C23H29N3O/c1-5-24-22(27)15-26-21-9-7-6-8-20(21)25-23(26)17(4)19-12-10-18(11-13-19)14-16(2)3/h6-13,16-17H,5,14-15H2,1-4H3,(H,24,27). The van der Waals surface area contributed by atoms with Crippen molar-refractivity contribution in [3.8, 4) is 0 Å². The van der Waals surface area contributed by atoms with E-state index in [1.54, 1.807) is 0 Å². The normalized spacial score (nSPS) is 12.5. The van der Waals surface area contributed by atoms with E-state index in [9.17, 15) is 4.79 Å². The molecule has 4 nitrogen and oxygen atoms in total. The van der Waals surface area contributed by atoms with Gasteiger partial charge in [0.05, 0.1) is 11.0 Å². The van der Waals surface area contributed by atoms with Crippen LogP contribution in [0.2, 0.25) is 0 Å². The van der Waals surface area contributed by atoms with E-state index < -0.39 is 0 Å². The van der Waals surface area contributed by atoms with Crippen LogP contribution in [0.15, 0.2) is 48.5 Å². The topological polar surface area (TPSA) is 46.9 Å². The van der Waals surface area contributed by atoms with Crippen molar-refractivity contribution >= 4 is 16.9 Å². The average Bonchev–Trinajstić information content (AvgIpc) is 3.00. The van der Waals surface area contributed by atoms with Crippen LogP contribution >= 0.6 is 0 Å². The minimum atomic E-state index is 0.0152. The summed E-state index contributed by atoms with van der Waals surface area (Å²) in [6.07, 6.45) is 1.09. The number of hydrogen-bond donors (Lipinski definition) is 1. The van der Waals surface area contributed by atoms with E-state index in [4.69, 9.17) is 4.98 Å². The number of benzene rings is 2. The van der Waals surface area contributed by atoms with Crippen molar-refractivity contribution < 1.29 is 4.79 Å². The summed E-state index contributed by atoms with van der Waals surface area (Å²) >= 11 is 0. The summed E-state index contributed by atoms with van der Waals surface area (Å²) in [6.45, 7) is 9.49. The number of para-hydroxylation sites is 2. The second-order valence-corrected chi connectivity index (χ2v) is 7.56. The maximum Gasteiger partial charge on any atom is 0.239 e. The molecule has 0 saturated carbocycles. The third kappa shape index (κ3) is 4.38. The van der Waals surface area contributed by atoms with Crippen molar-refractivity contribution in [3.05, 3.63) is 65.5 Å². The van der Waals surface area contributed by atoms with Gasteiger partial charge in [0.15, 0.2) is 0 Å². The van der Waals surface area contributed by atoms with E-state index in [0.29, 0.717) is 19.0 Å². The van der Waals surface area contributed by atoms with Gasteiger partial charge in [0.1, 0.15) is 12.4 Å². The highest BCUT2D eigenvalue weighted by molar-refractivity contribution is 5.81. The van der Waals surface area contributed by atoms with Gasteiger partial charge >= 0.3 is 0 Å². The molecular formula is C23H29N3O. The van der Waals surface area contributed by atoms with Crippen LogP contribution in [0.25, 0.3) is 11.0 Å². The Kier molecular flexibility index (Phi) is 5.94. The van der Waals surface area contributed by atoms with Crippen molar-refractivity contribution in [2.75, 3.05) is 6.54 Å². The lowest BCUT2D eigenvalue weighted by Gasteiger charge is -2.16. The third-order valence-electron chi connectivity index (χ3n) is 4.87. The van der Waals surface area contributed by atoms with Crippen LogP contribution in [0.3, 0.4) is 0 Å². The first kappa shape index (κ1) is 19.2. The molecule has 0 aliphatic rings. The van der Waals surface area contributed by atoms with Crippen LogP contribution < -0.4 is 5.32 Å². The Labute approximate surface area is 161 Å². The first-order chi connectivity index (χ1) is 13.0. The molecule has 4 heteroatoms. The molecule has 1 N–H and O–H groups in total. The molecule has 2 aromatic carbocycles. The maximum atomic E-state index is 12.3. The molecule has 27 heavy (non-hydrogen) atoms. The maximum absolute atomic E-state index is 12.3. The predicted molar refractivity (Wildman–Crippen MR) is 111 cm³/mol. The second-order valence-electron chi connectivity index (χ2n) is 7.56. The highest BCUT2D eigenvalue weighted by Gasteiger charge is 2.19. The molecule has 0 spiro atoms. The molecule has 1 atom stereocenters. The van der Waals surface area contributed by atoms with Crippen LogP contribution in [0.4, 0.5) is 0 Å². The van der Waals surface area contributed by atoms with E-state index in [1.165, 1.54) is 11.1 Å². The molecule has 1 aromatic heterocycles. The summed E-state index contributed by atoms with van der Waals surface area (Å²) in [5.74, 6) is 1.70. The van der Waals surface area contributed by atoms with Crippen LogP contribution in [0, 0.1) is 5.92 Å². The van der Waals surface area contributed by atoms with Crippen LogP contribution in [-0.4, -0.2) is 22.0 Å². The molecule has 0 aliphatic carbocycles. The van der Waals surface area contributed by atoms with Gasteiger partial charge in [-0.2, -0.15) is 0 Å². The fraction of sp³-hybridized carbons (Fsp3) is 0.391. The first-order valence-corrected chi connectivity index (χ1v) is 9.80. The van der Waals surface area contributed by atoms with Crippen molar-refractivity contribution in [2.45, 2.75) is 46.6 Å². The summed E-state index contributed by atoms with van der Waals surface area (Å²) in [7, 11) is 0. The van der Waals surface area contributed by atoms with Crippen molar-refractivity contribution in [1.29, 1.82) is 0 Å². The van der Waals surface area contributed by atoms with Gasteiger partial charge in [-0.05, 0) is 42.5 Å². The predicted octanol–water partition coefficient (Wildman–Crippen LogP) is 4.52. The lowest BCUT2D eigenvalue weighted by molar-refractivity contribution is -0.121.